The Kier molecular flexibility index (Phi) is 8.48. The Hall–Kier alpha value is -2.87. The molecule has 2 aromatic rings. The zero-order valence-corrected chi connectivity index (χ0v) is 17.2. The second-order valence-electron chi connectivity index (χ2n) is 5.74. The normalized spacial score (nSPS) is 11.7. The lowest BCUT2D eigenvalue weighted by atomic mass is 10.1. The number of rotatable bonds is 8. The van der Waals surface area contributed by atoms with E-state index in [0.29, 0.717) is 12.2 Å². The SMILES string of the molecule is CCOC(=O)N[C@@H](Cc1ccccc1)C(=O)N/N=C\c1ccc(OC)c(Br)c1. The van der Waals surface area contributed by atoms with Gasteiger partial charge in [0, 0.05) is 6.42 Å². The van der Waals surface area contributed by atoms with Crippen molar-refractivity contribution in [1.29, 1.82) is 0 Å². The Bertz CT molecular complexity index is 827. The number of methoxy groups -OCH3 is 1. The summed E-state index contributed by atoms with van der Waals surface area (Å²) in [5.74, 6) is 0.253. The fourth-order valence-corrected chi connectivity index (χ4v) is 2.94. The van der Waals surface area contributed by atoms with Crippen molar-refractivity contribution in [2.75, 3.05) is 13.7 Å². The Balaban J connectivity index is 2.04. The Morgan fingerprint density at radius 3 is 2.61 bits per heavy atom. The van der Waals surface area contributed by atoms with Crippen molar-refractivity contribution >= 4 is 34.1 Å². The topological polar surface area (TPSA) is 89.0 Å². The van der Waals surface area contributed by atoms with Crippen LogP contribution in [0.3, 0.4) is 0 Å². The first-order valence-corrected chi connectivity index (χ1v) is 9.46. The fourth-order valence-electron chi connectivity index (χ4n) is 2.39. The summed E-state index contributed by atoms with van der Waals surface area (Å²) < 4.78 is 10.8. The number of benzene rings is 2. The molecule has 2 amide bonds. The van der Waals surface area contributed by atoms with Gasteiger partial charge in [0.15, 0.2) is 0 Å². The van der Waals surface area contributed by atoms with E-state index in [2.05, 4.69) is 31.8 Å². The molecule has 0 radical (unpaired) electrons. The van der Waals surface area contributed by atoms with Crippen molar-refractivity contribution in [1.82, 2.24) is 10.7 Å². The van der Waals surface area contributed by atoms with Crippen LogP contribution < -0.4 is 15.5 Å². The third kappa shape index (κ3) is 6.70. The van der Waals surface area contributed by atoms with Crippen LogP contribution in [0.2, 0.25) is 0 Å². The van der Waals surface area contributed by atoms with Crippen molar-refractivity contribution in [3.8, 4) is 5.75 Å². The van der Waals surface area contributed by atoms with Gasteiger partial charge in [0.05, 0.1) is 24.4 Å². The van der Waals surface area contributed by atoms with Crippen LogP contribution in [0.4, 0.5) is 4.79 Å². The van der Waals surface area contributed by atoms with Gasteiger partial charge in [0.25, 0.3) is 5.91 Å². The first-order chi connectivity index (χ1) is 13.5. The first kappa shape index (κ1) is 21.4. The maximum atomic E-state index is 12.5. The van der Waals surface area contributed by atoms with Gasteiger partial charge >= 0.3 is 6.09 Å². The largest absolute Gasteiger partial charge is 0.496 e. The Morgan fingerprint density at radius 1 is 1.21 bits per heavy atom. The molecule has 0 bridgehead atoms. The van der Waals surface area contributed by atoms with E-state index in [1.54, 1.807) is 26.2 Å². The van der Waals surface area contributed by atoms with Gasteiger partial charge in [-0.15, -0.1) is 0 Å². The smallest absolute Gasteiger partial charge is 0.407 e. The monoisotopic (exact) mass is 447 g/mol. The van der Waals surface area contributed by atoms with Crippen LogP contribution >= 0.6 is 15.9 Å². The number of halogens is 1. The van der Waals surface area contributed by atoms with E-state index in [-0.39, 0.29) is 6.61 Å². The standard InChI is InChI=1S/C20H22BrN3O4/c1-3-28-20(26)23-17(12-14-7-5-4-6-8-14)19(25)24-22-13-15-9-10-18(27-2)16(21)11-15/h4-11,13,17H,3,12H2,1-2H3,(H,23,26)(H,24,25)/b22-13-/t17-/m0/s1. The summed E-state index contributed by atoms with van der Waals surface area (Å²) in [6.07, 6.45) is 1.17. The Labute approximate surface area is 172 Å². The quantitative estimate of drug-likeness (QED) is 0.479. The minimum Gasteiger partial charge on any atom is -0.496 e. The highest BCUT2D eigenvalue weighted by atomic mass is 79.9. The van der Waals surface area contributed by atoms with Gasteiger partial charge in [-0.05, 0) is 52.2 Å². The van der Waals surface area contributed by atoms with E-state index in [1.807, 2.05) is 36.4 Å². The third-order valence-corrected chi connectivity index (χ3v) is 4.35. The zero-order valence-electron chi connectivity index (χ0n) is 15.6. The summed E-state index contributed by atoms with van der Waals surface area (Å²) in [6, 6.07) is 14.0. The van der Waals surface area contributed by atoms with Gasteiger partial charge in [-0.25, -0.2) is 10.2 Å². The van der Waals surface area contributed by atoms with Gasteiger partial charge in [-0.3, -0.25) is 4.79 Å². The van der Waals surface area contributed by atoms with Gasteiger partial charge in [0.1, 0.15) is 11.8 Å². The molecule has 0 aliphatic rings. The van der Waals surface area contributed by atoms with Crippen molar-refractivity contribution in [3.05, 3.63) is 64.1 Å². The number of nitrogens with one attached hydrogen (secondary N) is 2. The van der Waals surface area contributed by atoms with Crippen LogP contribution in [0.1, 0.15) is 18.1 Å². The highest BCUT2D eigenvalue weighted by Crippen LogP contribution is 2.24. The summed E-state index contributed by atoms with van der Waals surface area (Å²) in [5, 5.41) is 6.54. The van der Waals surface area contributed by atoms with Crippen LogP contribution in [-0.4, -0.2) is 38.0 Å². The fraction of sp³-hybridized carbons (Fsp3) is 0.250. The maximum absolute atomic E-state index is 12.5. The molecule has 0 aliphatic carbocycles. The molecule has 2 rings (SSSR count). The minimum absolute atomic E-state index is 0.218. The van der Waals surface area contributed by atoms with E-state index in [4.69, 9.17) is 9.47 Å². The first-order valence-electron chi connectivity index (χ1n) is 8.67. The van der Waals surface area contributed by atoms with Crippen molar-refractivity contribution < 1.29 is 19.1 Å². The predicted octanol–water partition coefficient (Wildman–Crippen LogP) is 3.27. The van der Waals surface area contributed by atoms with Crippen LogP contribution in [0.15, 0.2) is 58.1 Å². The summed E-state index contributed by atoms with van der Waals surface area (Å²) in [7, 11) is 1.58. The average molecular weight is 448 g/mol. The molecule has 0 spiro atoms. The molecule has 28 heavy (non-hydrogen) atoms. The predicted molar refractivity (Wildman–Crippen MR) is 111 cm³/mol. The molecule has 2 aromatic carbocycles. The minimum atomic E-state index is -0.818. The molecular weight excluding hydrogens is 426 g/mol. The number of alkyl carbamates (subject to hydrolysis) is 1. The molecule has 2 N–H and O–H groups in total. The molecule has 0 heterocycles. The molecule has 0 saturated carbocycles. The van der Waals surface area contributed by atoms with Crippen molar-refractivity contribution in [2.45, 2.75) is 19.4 Å². The number of ether oxygens (including phenoxy) is 2. The number of carbonyl (C=O) groups excluding carboxylic acids is 2. The lowest BCUT2D eigenvalue weighted by Gasteiger charge is -2.16. The van der Waals surface area contributed by atoms with Crippen LogP contribution in [0.5, 0.6) is 5.75 Å². The van der Waals surface area contributed by atoms with E-state index in [0.717, 1.165) is 15.6 Å². The van der Waals surface area contributed by atoms with E-state index in [9.17, 15) is 9.59 Å². The molecule has 0 aromatic heterocycles. The zero-order chi connectivity index (χ0) is 20.4. The summed E-state index contributed by atoms with van der Waals surface area (Å²) in [6.45, 7) is 1.92. The number of hydrogen-bond donors (Lipinski definition) is 2. The number of nitrogens with zero attached hydrogens (tertiary/aromatic N) is 1. The summed E-state index contributed by atoms with van der Waals surface area (Å²) in [4.78, 5) is 24.3. The lowest BCUT2D eigenvalue weighted by molar-refractivity contribution is -0.123. The molecule has 148 valence electrons. The summed E-state index contributed by atoms with van der Waals surface area (Å²) in [5.41, 5.74) is 4.14. The highest BCUT2D eigenvalue weighted by Gasteiger charge is 2.21. The van der Waals surface area contributed by atoms with Gasteiger partial charge in [-0.2, -0.15) is 5.10 Å². The Morgan fingerprint density at radius 2 is 1.96 bits per heavy atom. The third-order valence-electron chi connectivity index (χ3n) is 3.73. The number of carbonyl (C=O) groups is 2. The van der Waals surface area contributed by atoms with Crippen molar-refractivity contribution in [3.63, 3.8) is 0 Å². The van der Waals surface area contributed by atoms with Gasteiger partial charge in [-0.1, -0.05) is 30.3 Å². The molecule has 0 aliphatic heterocycles. The second kappa shape index (κ2) is 11.1. The van der Waals surface area contributed by atoms with Crippen molar-refractivity contribution in [2.24, 2.45) is 5.10 Å². The van der Waals surface area contributed by atoms with E-state index < -0.39 is 18.0 Å². The highest BCUT2D eigenvalue weighted by molar-refractivity contribution is 9.10. The van der Waals surface area contributed by atoms with Crippen LogP contribution in [0, 0.1) is 0 Å². The average Bonchev–Trinajstić information content (AvgIpc) is 2.68. The molecule has 0 fully saturated rings. The number of hydrazone groups is 1. The van der Waals surface area contributed by atoms with E-state index in [1.165, 1.54) is 6.21 Å². The van der Waals surface area contributed by atoms with Gasteiger partial charge < -0.3 is 14.8 Å². The van der Waals surface area contributed by atoms with Crippen LogP contribution in [-0.2, 0) is 16.0 Å². The molecule has 1 atom stereocenters. The maximum Gasteiger partial charge on any atom is 0.407 e. The number of amides is 2. The van der Waals surface area contributed by atoms with Gasteiger partial charge in [0.2, 0.25) is 0 Å². The molecule has 7 nitrogen and oxygen atoms in total. The molecule has 8 heteroatoms. The second-order valence-corrected chi connectivity index (χ2v) is 6.59. The molecule has 0 saturated heterocycles. The lowest BCUT2D eigenvalue weighted by Crippen LogP contribution is -2.47. The summed E-state index contributed by atoms with van der Waals surface area (Å²) >= 11 is 3.39. The van der Waals surface area contributed by atoms with E-state index >= 15 is 0 Å². The number of hydrogen-bond acceptors (Lipinski definition) is 5. The van der Waals surface area contributed by atoms with Crippen LogP contribution in [0.25, 0.3) is 0 Å². The molecular formula is C20H22BrN3O4. The molecule has 0 unspecified atom stereocenters.